The van der Waals surface area contributed by atoms with E-state index in [-0.39, 0.29) is 18.0 Å². The maximum atomic E-state index is 12.0. The van der Waals surface area contributed by atoms with E-state index < -0.39 is 0 Å². The fraction of sp³-hybridized carbons (Fsp3) is 0.588. The van der Waals surface area contributed by atoms with E-state index in [2.05, 4.69) is 36.6 Å². The van der Waals surface area contributed by atoms with Gasteiger partial charge in [-0.2, -0.15) is 0 Å². The predicted octanol–water partition coefficient (Wildman–Crippen LogP) is 3.42. The van der Waals surface area contributed by atoms with Crippen LogP contribution in [-0.2, 0) is 4.79 Å². The summed E-state index contributed by atoms with van der Waals surface area (Å²) in [5.74, 6) is 0.0930. The van der Waals surface area contributed by atoms with Gasteiger partial charge < -0.3 is 5.32 Å². The van der Waals surface area contributed by atoms with Gasteiger partial charge >= 0.3 is 0 Å². The van der Waals surface area contributed by atoms with Gasteiger partial charge in [0.15, 0.2) is 0 Å². The molecule has 0 aliphatic carbocycles. The second-order valence-electron chi connectivity index (χ2n) is 5.26. The summed E-state index contributed by atoms with van der Waals surface area (Å²) in [6.07, 6.45) is 4.38. The molecule has 0 heterocycles. The van der Waals surface area contributed by atoms with E-state index in [4.69, 9.17) is 0 Å². The minimum atomic E-state index is -0.165. The molecule has 20 heavy (non-hydrogen) atoms. The number of benzene rings is 1. The highest BCUT2D eigenvalue weighted by Gasteiger charge is 2.17. The van der Waals surface area contributed by atoms with E-state index in [0.29, 0.717) is 0 Å². The second kappa shape index (κ2) is 9.54. The predicted molar refractivity (Wildman–Crippen MR) is 84.6 cm³/mol. The topological polar surface area (TPSA) is 41.1 Å². The van der Waals surface area contributed by atoms with Crippen molar-refractivity contribution >= 4 is 5.91 Å². The Kier molecular flexibility index (Phi) is 7.97. The number of rotatable bonds is 9. The van der Waals surface area contributed by atoms with Crippen molar-refractivity contribution in [3.8, 4) is 0 Å². The summed E-state index contributed by atoms with van der Waals surface area (Å²) in [5.41, 5.74) is 1.24. The Bertz CT molecular complexity index is 378. The van der Waals surface area contributed by atoms with Gasteiger partial charge in [0.25, 0.3) is 0 Å². The molecule has 2 atom stereocenters. The molecule has 2 N–H and O–H groups in total. The number of unbranched alkanes of at least 4 members (excludes halogenated alkanes) is 2. The molecule has 0 aliphatic heterocycles. The van der Waals surface area contributed by atoms with Gasteiger partial charge in [0.2, 0.25) is 5.91 Å². The van der Waals surface area contributed by atoms with Crippen molar-refractivity contribution in [2.24, 2.45) is 0 Å². The smallest absolute Gasteiger partial charge is 0.236 e. The van der Waals surface area contributed by atoms with Crippen LogP contribution in [-0.4, -0.2) is 18.5 Å². The standard InChI is InChI=1S/C17H28N2O/c1-4-6-10-13-18-17(20)14(3)19-16(5-2)15-11-8-7-9-12-15/h7-9,11-12,14,16,19H,4-6,10,13H2,1-3H3,(H,18,20). The van der Waals surface area contributed by atoms with Crippen molar-refractivity contribution in [2.75, 3.05) is 6.54 Å². The largest absolute Gasteiger partial charge is 0.355 e. The monoisotopic (exact) mass is 276 g/mol. The lowest BCUT2D eigenvalue weighted by Gasteiger charge is -2.22. The molecular formula is C17H28N2O. The van der Waals surface area contributed by atoms with Crippen molar-refractivity contribution in [1.82, 2.24) is 10.6 Å². The summed E-state index contributed by atoms with van der Waals surface area (Å²) in [4.78, 5) is 12.0. The van der Waals surface area contributed by atoms with Crippen LogP contribution in [0.25, 0.3) is 0 Å². The normalized spacial score (nSPS) is 13.8. The zero-order valence-corrected chi connectivity index (χ0v) is 13.0. The quantitative estimate of drug-likeness (QED) is 0.679. The Labute approximate surface area is 123 Å². The fourth-order valence-electron chi connectivity index (χ4n) is 2.25. The number of amides is 1. The number of carbonyl (C=O) groups is 1. The van der Waals surface area contributed by atoms with E-state index in [1.807, 2.05) is 25.1 Å². The van der Waals surface area contributed by atoms with Crippen LogP contribution >= 0.6 is 0 Å². The van der Waals surface area contributed by atoms with Gasteiger partial charge in [-0.05, 0) is 25.3 Å². The van der Waals surface area contributed by atoms with Crippen LogP contribution < -0.4 is 10.6 Å². The molecule has 0 aliphatic rings. The molecule has 1 rings (SSSR count). The molecule has 0 spiro atoms. The minimum absolute atomic E-state index is 0.0930. The Balaban J connectivity index is 2.42. The van der Waals surface area contributed by atoms with Crippen LogP contribution in [0, 0.1) is 0 Å². The molecule has 112 valence electrons. The fourth-order valence-corrected chi connectivity index (χ4v) is 2.25. The van der Waals surface area contributed by atoms with Crippen molar-refractivity contribution in [3.05, 3.63) is 35.9 Å². The van der Waals surface area contributed by atoms with Gasteiger partial charge in [-0.15, -0.1) is 0 Å². The number of carbonyl (C=O) groups excluding carboxylic acids is 1. The molecule has 0 aromatic heterocycles. The van der Waals surface area contributed by atoms with E-state index in [1.54, 1.807) is 0 Å². The lowest BCUT2D eigenvalue weighted by Crippen LogP contribution is -2.43. The molecule has 0 bridgehead atoms. The molecule has 2 unspecified atom stereocenters. The summed E-state index contributed by atoms with van der Waals surface area (Å²) < 4.78 is 0. The summed E-state index contributed by atoms with van der Waals surface area (Å²) in [6, 6.07) is 10.4. The lowest BCUT2D eigenvalue weighted by atomic mass is 10.0. The first-order chi connectivity index (χ1) is 9.69. The maximum Gasteiger partial charge on any atom is 0.236 e. The molecule has 0 saturated carbocycles. The molecule has 0 fully saturated rings. The number of nitrogens with one attached hydrogen (secondary N) is 2. The van der Waals surface area contributed by atoms with E-state index in [9.17, 15) is 4.79 Å². The van der Waals surface area contributed by atoms with Crippen LogP contribution in [0.4, 0.5) is 0 Å². The van der Waals surface area contributed by atoms with Gasteiger partial charge in [-0.1, -0.05) is 57.0 Å². The molecule has 1 aromatic rings. The summed E-state index contributed by atoms with van der Waals surface area (Å²) in [5, 5.41) is 6.41. The maximum absolute atomic E-state index is 12.0. The van der Waals surface area contributed by atoms with Crippen LogP contribution in [0.1, 0.15) is 58.1 Å². The Morgan fingerprint density at radius 3 is 2.45 bits per heavy atom. The average Bonchev–Trinajstić information content (AvgIpc) is 2.49. The molecule has 3 heteroatoms. The van der Waals surface area contributed by atoms with Gasteiger partial charge in [-0.3, -0.25) is 10.1 Å². The zero-order valence-electron chi connectivity index (χ0n) is 13.0. The van der Waals surface area contributed by atoms with Crippen LogP contribution in [0.15, 0.2) is 30.3 Å². The highest BCUT2D eigenvalue weighted by molar-refractivity contribution is 5.81. The summed E-state index contributed by atoms with van der Waals surface area (Å²) >= 11 is 0. The molecule has 0 saturated heterocycles. The van der Waals surface area contributed by atoms with Crippen molar-refractivity contribution in [2.45, 2.75) is 58.5 Å². The molecular weight excluding hydrogens is 248 g/mol. The minimum Gasteiger partial charge on any atom is -0.355 e. The van der Waals surface area contributed by atoms with Crippen molar-refractivity contribution in [1.29, 1.82) is 0 Å². The Morgan fingerprint density at radius 1 is 1.15 bits per heavy atom. The Morgan fingerprint density at radius 2 is 1.85 bits per heavy atom. The number of hydrogen-bond donors (Lipinski definition) is 2. The van der Waals surface area contributed by atoms with Crippen molar-refractivity contribution < 1.29 is 4.79 Å². The second-order valence-corrected chi connectivity index (χ2v) is 5.26. The van der Waals surface area contributed by atoms with E-state index in [1.165, 1.54) is 18.4 Å². The highest BCUT2D eigenvalue weighted by atomic mass is 16.2. The van der Waals surface area contributed by atoms with E-state index >= 15 is 0 Å². The molecule has 1 amide bonds. The molecule has 0 radical (unpaired) electrons. The zero-order chi connectivity index (χ0) is 14.8. The first-order valence-corrected chi connectivity index (χ1v) is 7.77. The summed E-state index contributed by atoms with van der Waals surface area (Å²) in [6.45, 7) is 7.01. The number of hydrogen-bond acceptors (Lipinski definition) is 2. The van der Waals surface area contributed by atoms with Crippen LogP contribution in [0.3, 0.4) is 0 Å². The van der Waals surface area contributed by atoms with Gasteiger partial charge in [0.1, 0.15) is 0 Å². The van der Waals surface area contributed by atoms with Gasteiger partial charge in [0, 0.05) is 12.6 Å². The summed E-state index contributed by atoms with van der Waals surface area (Å²) in [7, 11) is 0. The van der Waals surface area contributed by atoms with Gasteiger partial charge in [0.05, 0.1) is 6.04 Å². The third-order valence-corrected chi connectivity index (χ3v) is 3.53. The first kappa shape index (κ1) is 16.7. The first-order valence-electron chi connectivity index (χ1n) is 7.77. The van der Waals surface area contributed by atoms with E-state index in [0.717, 1.165) is 19.4 Å². The Hall–Kier alpha value is -1.35. The van der Waals surface area contributed by atoms with Crippen LogP contribution in [0.5, 0.6) is 0 Å². The van der Waals surface area contributed by atoms with Crippen molar-refractivity contribution in [3.63, 3.8) is 0 Å². The third-order valence-electron chi connectivity index (χ3n) is 3.53. The highest BCUT2D eigenvalue weighted by Crippen LogP contribution is 2.16. The van der Waals surface area contributed by atoms with Gasteiger partial charge in [-0.25, -0.2) is 0 Å². The average molecular weight is 276 g/mol. The molecule has 3 nitrogen and oxygen atoms in total. The third kappa shape index (κ3) is 5.74. The lowest BCUT2D eigenvalue weighted by molar-refractivity contribution is -0.122. The molecule has 1 aromatic carbocycles. The van der Waals surface area contributed by atoms with Crippen LogP contribution in [0.2, 0.25) is 0 Å². The SMILES string of the molecule is CCCCCNC(=O)C(C)NC(CC)c1ccccc1.